The fraction of sp³-hybridized carbons (Fsp3) is 0.632. The van der Waals surface area contributed by atoms with Gasteiger partial charge in [0.05, 0.1) is 5.75 Å². The summed E-state index contributed by atoms with van der Waals surface area (Å²) in [7, 11) is -1.75. The van der Waals surface area contributed by atoms with E-state index in [9.17, 15) is 13.2 Å². The number of hydrogen-bond donors (Lipinski definition) is 0. The van der Waals surface area contributed by atoms with Crippen molar-refractivity contribution >= 4 is 16.1 Å². The third kappa shape index (κ3) is 5.45. The number of amides is 1. The zero-order chi connectivity index (χ0) is 19.5. The van der Waals surface area contributed by atoms with Gasteiger partial charge in [0.2, 0.25) is 10.0 Å². The predicted molar refractivity (Wildman–Crippen MR) is 102 cm³/mol. The van der Waals surface area contributed by atoms with Gasteiger partial charge in [-0.1, -0.05) is 24.3 Å². The van der Waals surface area contributed by atoms with Crippen molar-refractivity contribution in [2.45, 2.75) is 57.9 Å². The Hall–Kier alpha value is -1.60. The summed E-state index contributed by atoms with van der Waals surface area (Å²) in [5.41, 5.74) is 1.21. The van der Waals surface area contributed by atoms with Gasteiger partial charge in [0.25, 0.3) is 0 Å². The first-order valence-electron chi connectivity index (χ1n) is 8.98. The normalized spacial score (nSPS) is 19.2. The van der Waals surface area contributed by atoms with E-state index in [0.717, 1.165) is 24.0 Å². The van der Waals surface area contributed by atoms with Gasteiger partial charge in [-0.25, -0.2) is 13.2 Å². The summed E-state index contributed by atoms with van der Waals surface area (Å²) in [6, 6.07) is 7.34. The minimum Gasteiger partial charge on any atom is -0.444 e. The van der Waals surface area contributed by atoms with Gasteiger partial charge in [-0.05, 0) is 51.7 Å². The van der Waals surface area contributed by atoms with E-state index in [1.807, 2.05) is 52.0 Å². The highest BCUT2D eigenvalue weighted by molar-refractivity contribution is 7.88. The molecule has 1 fully saturated rings. The fourth-order valence-electron chi connectivity index (χ4n) is 3.03. The first-order chi connectivity index (χ1) is 12.0. The summed E-state index contributed by atoms with van der Waals surface area (Å²) in [4.78, 5) is 13.8. The number of likely N-dealkylation sites (N-methyl/N-ethyl adjacent to an activating group) is 1. The van der Waals surface area contributed by atoms with Crippen molar-refractivity contribution in [3.8, 4) is 0 Å². The average molecular weight is 383 g/mol. The molecule has 1 saturated heterocycles. The molecule has 0 aliphatic carbocycles. The number of hydrogen-bond acceptors (Lipinski definition) is 4. The van der Waals surface area contributed by atoms with Crippen molar-refractivity contribution < 1.29 is 17.9 Å². The van der Waals surface area contributed by atoms with Crippen LogP contribution in [0, 0.1) is 6.92 Å². The van der Waals surface area contributed by atoms with Gasteiger partial charge >= 0.3 is 6.09 Å². The smallest absolute Gasteiger partial charge is 0.410 e. The van der Waals surface area contributed by atoms with Crippen LogP contribution in [0.5, 0.6) is 0 Å². The third-order valence-electron chi connectivity index (χ3n) is 4.58. The van der Waals surface area contributed by atoms with Crippen LogP contribution in [-0.4, -0.2) is 55.5 Å². The van der Waals surface area contributed by atoms with E-state index in [0.29, 0.717) is 13.1 Å². The van der Waals surface area contributed by atoms with Crippen LogP contribution in [-0.2, 0) is 20.5 Å². The second-order valence-electron chi connectivity index (χ2n) is 7.93. The highest BCUT2D eigenvalue weighted by atomic mass is 32.2. The SMILES string of the molecule is Cc1ccccc1CS(=O)(=O)N1CCC[C@@H](N(C)C(=O)OC(C)(C)C)C1. The van der Waals surface area contributed by atoms with E-state index in [-0.39, 0.29) is 11.8 Å². The monoisotopic (exact) mass is 382 g/mol. The number of piperidine rings is 1. The number of ether oxygens (including phenoxy) is 1. The maximum atomic E-state index is 12.9. The van der Waals surface area contributed by atoms with E-state index >= 15 is 0 Å². The number of carbonyl (C=O) groups is 1. The number of nitrogens with zero attached hydrogens (tertiary/aromatic N) is 2. The molecule has 1 aliphatic heterocycles. The number of carbonyl (C=O) groups excluding carboxylic acids is 1. The van der Waals surface area contributed by atoms with E-state index < -0.39 is 21.7 Å². The molecule has 0 radical (unpaired) electrons. The van der Waals surface area contributed by atoms with Gasteiger partial charge in [-0.3, -0.25) is 0 Å². The molecule has 26 heavy (non-hydrogen) atoms. The fourth-order valence-corrected chi connectivity index (χ4v) is 4.74. The summed E-state index contributed by atoms with van der Waals surface area (Å²) in [5, 5.41) is 0. The molecule has 0 spiro atoms. The Balaban J connectivity index is 2.07. The number of rotatable bonds is 4. The Morgan fingerprint density at radius 2 is 1.96 bits per heavy atom. The molecule has 6 nitrogen and oxygen atoms in total. The quantitative estimate of drug-likeness (QED) is 0.802. The van der Waals surface area contributed by atoms with Gasteiger partial charge in [-0.2, -0.15) is 4.31 Å². The van der Waals surface area contributed by atoms with Gasteiger partial charge in [0.15, 0.2) is 0 Å². The van der Waals surface area contributed by atoms with Crippen LogP contribution in [0.2, 0.25) is 0 Å². The third-order valence-corrected chi connectivity index (χ3v) is 6.38. The van der Waals surface area contributed by atoms with Crippen LogP contribution in [0.3, 0.4) is 0 Å². The molecule has 146 valence electrons. The molecule has 0 N–H and O–H groups in total. The van der Waals surface area contributed by atoms with Crippen molar-refractivity contribution in [2.24, 2.45) is 0 Å². The lowest BCUT2D eigenvalue weighted by Crippen LogP contribution is -2.51. The van der Waals surface area contributed by atoms with E-state index in [1.165, 1.54) is 9.21 Å². The van der Waals surface area contributed by atoms with Crippen molar-refractivity contribution in [3.05, 3.63) is 35.4 Å². The van der Waals surface area contributed by atoms with Crippen LogP contribution < -0.4 is 0 Å². The van der Waals surface area contributed by atoms with Crippen LogP contribution in [0.25, 0.3) is 0 Å². The number of sulfonamides is 1. The van der Waals surface area contributed by atoms with Gasteiger partial charge < -0.3 is 9.64 Å². The molecular weight excluding hydrogens is 352 g/mol. The Labute approximate surface area is 157 Å². The van der Waals surface area contributed by atoms with E-state index in [2.05, 4.69) is 0 Å². The molecule has 0 saturated carbocycles. The van der Waals surface area contributed by atoms with Crippen molar-refractivity contribution in [2.75, 3.05) is 20.1 Å². The van der Waals surface area contributed by atoms with Crippen LogP contribution in [0.1, 0.15) is 44.7 Å². The highest BCUT2D eigenvalue weighted by Gasteiger charge is 2.33. The van der Waals surface area contributed by atoms with Gasteiger partial charge in [0, 0.05) is 26.2 Å². The van der Waals surface area contributed by atoms with Crippen molar-refractivity contribution in [3.63, 3.8) is 0 Å². The topological polar surface area (TPSA) is 66.9 Å². The Morgan fingerprint density at radius 1 is 1.31 bits per heavy atom. The summed E-state index contributed by atoms with van der Waals surface area (Å²) in [6.07, 6.45) is 1.08. The van der Waals surface area contributed by atoms with E-state index in [4.69, 9.17) is 4.74 Å². The summed E-state index contributed by atoms with van der Waals surface area (Å²) in [5.74, 6) is -0.0114. The molecule has 1 aromatic rings. The molecule has 2 rings (SSSR count). The molecule has 1 aliphatic rings. The van der Waals surface area contributed by atoms with Gasteiger partial charge in [-0.15, -0.1) is 0 Å². The Bertz CT molecular complexity index is 740. The molecule has 1 amide bonds. The van der Waals surface area contributed by atoms with Gasteiger partial charge in [0.1, 0.15) is 5.60 Å². The molecule has 0 aromatic heterocycles. The molecule has 0 bridgehead atoms. The second kappa shape index (κ2) is 7.96. The number of aryl methyl sites for hydroxylation is 1. The maximum Gasteiger partial charge on any atom is 0.410 e. The molecule has 0 unspecified atom stereocenters. The van der Waals surface area contributed by atoms with Crippen molar-refractivity contribution in [1.29, 1.82) is 0 Å². The lowest BCUT2D eigenvalue weighted by molar-refractivity contribution is 0.0173. The second-order valence-corrected chi connectivity index (χ2v) is 9.90. The molecular formula is C19H30N2O4S. The lowest BCUT2D eigenvalue weighted by atomic mass is 10.1. The molecule has 1 heterocycles. The Kier molecular flexibility index (Phi) is 6.34. The standard InChI is InChI=1S/C19H30N2O4S/c1-15-9-6-7-10-16(15)14-26(23,24)21-12-8-11-17(13-21)20(5)18(22)25-19(2,3)4/h6-7,9-10,17H,8,11-14H2,1-5H3/t17-/m1/s1. The molecule has 1 atom stereocenters. The molecule has 7 heteroatoms. The van der Waals surface area contributed by atoms with Crippen molar-refractivity contribution in [1.82, 2.24) is 9.21 Å². The van der Waals surface area contributed by atoms with Crippen LogP contribution >= 0.6 is 0 Å². The molecule has 1 aromatic carbocycles. The van der Waals surface area contributed by atoms with E-state index in [1.54, 1.807) is 7.05 Å². The highest BCUT2D eigenvalue weighted by Crippen LogP contribution is 2.22. The van der Waals surface area contributed by atoms with Crippen LogP contribution in [0.4, 0.5) is 4.79 Å². The average Bonchev–Trinajstić information content (AvgIpc) is 2.54. The number of benzene rings is 1. The zero-order valence-electron chi connectivity index (χ0n) is 16.4. The minimum atomic E-state index is -3.43. The Morgan fingerprint density at radius 3 is 2.58 bits per heavy atom. The first-order valence-corrected chi connectivity index (χ1v) is 10.6. The maximum absolute atomic E-state index is 12.9. The summed E-state index contributed by atoms with van der Waals surface area (Å²) < 4.78 is 32.6. The summed E-state index contributed by atoms with van der Waals surface area (Å²) in [6.45, 7) is 8.17. The lowest BCUT2D eigenvalue weighted by Gasteiger charge is -2.37. The zero-order valence-corrected chi connectivity index (χ0v) is 17.2. The predicted octanol–water partition coefficient (Wildman–Crippen LogP) is 3.16. The largest absolute Gasteiger partial charge is 0.444 e. The van der Waals surface area contributed by atoms with Crippen LogP contribution in [0.15, 0.2) is 24.3 Å². The first kappa shape index (κ1) is 20.7. The minimum absolute atomic E-state index is 0.0114. The summed E-state index contributed by atoms with van der Waals surface area (Å²) >= 11 is 0.